The smallest absolute Gasteiger partial charge is 0.330 e. The average molecular weight is 337 g/mol. The molecule has 3 amide bonds. The quantitative estimate of drug-likeness (QED) is 0.490. The van der Waals surface area contributed by atoms with Crippen molar-refractivity contribution < 1.29 is 29.0 Å². The molecule has 0 aliphatic heterocycles. The molecule has 0 fully saturated rings. The molecule has 1 unspecified atom stereocenters. The molecule has 1 rings (SSSR count). The number of hydrogen-bond acceptors (Lipinski definition) is 5. The Bertz CT molecular complexity index is 614. The summed E-state index contributed by atoms with van der Waals surface area (Å²) >= 11 is 0. The summed E-state index contributed by atoms with van der Waals surface area (Å²) in [6, 6.07) is 4.94. The van der Waals surface area contributed by atoms with Crippen LogP contribution in [0.1, 0.15) is 18.5 Å². The molecule has 1 aromatic carbocycles. The van der Waals surface area contributed by atoms with Gasteiger partial charge in [-0.15, -0.1) is 0 Å². The molecule has 9 heteroatoms. The van der Waals surface area contributed by atoms with E-state index in [0.29, 0.717) is 11.3 Å². The fraction of sp³-hybridized carbons (Fsp3) is 0.333. The molecular weight excluding hydrogens is 318 g/mol. The number of carbonyl (C=O) groups excluding carboxylic acids is 3. The number of methoxy groups -OCH3 is 1. The Balaban J connectivity index is 2.58. The number of carbonyl (C=O) groups is 4. The highest BCUT2D eigenvalue weighted by Gasteiger charge is 2.22. The Morgan fingerprint density at radius 1 is 1.04 bits per heavy atom. The second-order valence-corrected chi connectivity index (χ2v) is 4.80. The summed E-state index contributed by atoms with van der Waals surface area (Å²) in [5, 5.41) is 16.1. The van der Waals surface area contributed by atoms with Gasteiger partial charge < -0.3 is 25.8 Å². The number of aliphatic carboxylic acids is 1. The highest BCUT2D eigenvalue weighted by atomic mass is 16.5. The zero-order chi connectivity index (χ0) is 18.1. The van der Waals surface area contributed by atoms with Crippen molar-refractivity contribution in [3.8, 4) is 5.75 Å². The molecular formula is C15H19N3O6. The summed E-state index contributed by atoms with van der Waals surface area (Å²) in [5.41, 5.74) is 0.362. The van der Waals surface area contributed by atoms with Crippen molar-refractivity contribution in [1.82, 2.24) is 16.0 Å². The van der Waals surface area contributed by atoms with E-state index in [1.807, 2.05) is 0 Å². The molecule has 9 nitrogen and oxygen atoms in total. The molecule has 1 aromatic rings. The van der Waals surface area contributed by atoms with Crippen molar-refractivity contribution in [1.29, 1.82) is 0 Å². The number of carboxylic acids is 1. The van der Waals surface area contributed by atoms with Crippen LogP contribution in [0.15, 0.2) is 24.3 Å². The lowest BCUT2D eigenvalue weighted by molar-refractivity contribution is -0.142. The molecule has 1 atom stereocenters. The van der Waals surface area contributed by atoms with Crippen LogP contribution in [0, 0.1) is 0 Å². The molecule has 0 bridgehead atoms. The standard InChI is InChI=1S/C15H19N3O6/c1-9(19)16-7-12(20)17-8-13(21)18-14(15(22)23)10-3-5-11(24-2)6-4-10/h3-6,14H,7-8H2,1-2H3,(H,16,19)(H,17,20)(H,18,21)(H,22,23). The highest BCUT2D eigenvalue weighted by molar-refractivity contribution is 5.89. The third-order valence-corrected chi connectivity index (χ3v) is 2.95. The number of carboxylic acid groups (broad SMARTS) is 1. The topological polar surface area (TPSA) is 134 Å². The van der Waals surface area contributed by atoms with E-state index >= 15 is 0 Å². The van der Waals surface area contributed by atoms with Gasteiger partial charge in [0.05, 0.1) is 20.2 Å². The summed E-state index contributed by atoms with van der Waals surface area (Å²) in [5.74, 6) is -2.29. The number of hydrogen-bond donors (Lipinski definition) is 4. The van der Waals surface area contributed by atoms with Crippen LogP contribution < -0.4 is 20.7 Å². The fourth-order valence-electron chi connectivity index (χ4n) is 1.74. The SMILES string of the molecule is COc1ccc(C(NC(=O)CNC(=O)CNC(C)=O)C(=O)O)cc1. The summed E-state index contributed by atoms with van der Waals surface area (Å²) in [6.07, 6.45) is 0. The Labute approximate surface area is 138 Å². The van der Waals surface area contributed by atoms with Gasteiger partial charge in [-0.05, 0) is 17.7 Å². The van der Waals surface area contributed by atoms with Crippen LogP contribution in [0.5, 0.6) is 5.75 Å². The minimum atomic E-state index is -1.25. The largest absolute Gasteiger partial charge is 0.497 e. The zero-order valence-electron chi connectivity index (χ0n) is 13.3. The number of amides is 3. The van der Waals surface area contributed by atoms with Crippen LogP contribution in [0.3, 0.4) is 0 Å². The van der Waals surface area contributed by atoms with Crippen molar-refractivity contribution in [2.24, 2.45) is 0 Å². The van der Waals surface area contributed by atoms with E-state index in [1.54, 1.807) is 12.1 Å². The van der Waals surface area contributed by atoms with Gasteiger partial charge in [-0.25, -0.2) is 4.79 Å². The maximum atomic E-state index is 11.8. The molecule has 0 radical (unpaired) electrons. The summed E-state index contributed by atoms with van der Waals surface area (Å²) in [7, 11) is 1.48. The Hall–Kier alpha value is -3.10. The third-order valence-electron chi connectivity index (χ3n) is 2.95. The van der Waals surface area contributed by atoms with Crippen molar-refractivity contribution in [3.05, 3.63) is 29.8 Å². The lowest BCUT2D eigenvalue weighted by atomic mass is 10.1. The minimum absolute atomic E-state index is 0.260. The Morgan fingerprint density at radius 2 is 1.62 bits per heavy atom. The first-order valence-electron chi connectivity index (χ1n) is 7.00. The first-order valence-corrected chi connectivity index (χ1v) is 7.00. The lowest BCUT2D eigenvalue weighted by Gasteiger charge is -2.15. The van der Waals surface area contributed by atoms with Crippen LogP contribution in [0.25, 0.3) is 0 Å². The molecule has 0 saturated carbocycles. The average Bonchev–Trinajstić information content (AvgIpc) is 2.55. The first kappa shape index (κ1) is 18.9. The predicted octanol–water partition coefficient (Wildman–Crippen LogP) is -0.811. The third kappa shape index (κ3) is 6.34. The second kappa shape index (κ2) is 9.13. The van der Waals surface area contributed by atoms with E-state index in [4.69, 9.17) is 4.74 Å². The number of benzene rings is 1. The van der Waals surface area contributed by atoms with Gasteiger partial charge in [-0.2, -0.15) is 0 Å². The van der Waals surface area contributed by atoms with E-state index in [0.717, 1.165) is 0 Å². The maximum Gasteiger partial charge on any atom is 0.330 e. The second-order valence-electron chi connectivity index (χ2n) is 4.80. The molecule has 4 N–H and O–H groups in total. The molecule has 24 heavy (non-hydrogen) atoms. The first-order chi connectivity index (χ1) is 11.3. The van der Waals surface area contributed by atoms with E-state index < -0.39 is 30.4 Å². The molecule has 0 spiro atoms. The summed E-state index contributed by atoms with van der Waals surface area (Å²) in [4.78, 5) is 45.2. The van der Waals surface area contributed by atoms with E-state index in [-0.39, 0.29) is 12.5 Å². The zero-order valence-corrected chi connectivity index (χ0v) is 13.3. The van der Waals surface area contributed by atoms with Crippen LogP contribution in [-0.4, -0.2) is 49.0 Å². The molecule has 0 saturated heterocycles. The van der Waals surface area contributed by atoms with Gasteiger partial charge in [0.15, 0.2) is 6.04 Å². The van der Waals surface area contributed by atoms with Crippen LogP contribution in [0.4, 0.5) is 0 Å². The monoisotopic (exact) mass is 337 g/mol. The van der Waals surface area contributed by atoms with Crippen LogP contribution in [0.2, 0.25) is 0 Å². The summed E-state index contributed by atoms with van der Waals surface area (Å²) < 4.78 is 4.98. The predicted molar refractivity (Wildman–Crippen MR) is 83.2 cm³/mol. The molecule has 130 valence electrons. The highest BCUT2D eigenvalue weighted by Crippen LogP contribution is 2.17. The number of ether oxygens (including phenoxy) is 1. The van der Waals surface area contributed by atoms with Gasteiger partial charge >= 0.3 is 5.97 Å². The van der Waals surface area contributed by atoms with Crippen molar-refractivity contribution >= 4 is 23.7 Å². The van der Waals surface area contributed by atoms with Gasteiger partial charge in [0, 0.05) is 6.92 Å². The Morgan fingerprint density at radius 3 is 2.12 bits per heavy atom. The van der Waals surface area contributed by atoms with E-state index in [9.17, 15) is 24.3 Å². The van der Waals surface area contributed by atoms with Crippen molar-refractivity contribution in [2.45, 2.75) is 13.0 Å². The maximum absolute atomic E-state index is 11.8. The molecule has 0 aliphatic carbocycles. The fourth-order valence-corrected chi connectivity index (χ4v) is 1.74. The molecule has 0 heterocycles. The lowest BCUT2D eigenvalue weighted by Crippen LogP contribution is -2.43. The molecule has 0 aliphatic rings. The van der Waals surface area contributed by atoms with Gasteiger partial charge in [-0.3, -0.25) is 14.4 Å². The number of rotatable bonds is 8. The number of nitrogens with one attached hydrogen (secondary N) is 3. The van der Waals surface area contributed by atoms with Gasteiger partial charge in [0.2, 0.25) is 17.7 Å². The van der Waals surface area contributed by atoms with Gasteiger partial charge in [0.25, 0.3) is 0 Å². The van der Waals surface area contributed by atoms with Crippen LogP contribution >= 0.6 is 0 Å². The van der Waals surface area contributed by atoms with Crippen molar-refractivity contribution in [3.63, 3.8) is 0 Å². The molecule has 0 aromatic heterocycles. The van der Waals surface area contributed by atoms with E-state index in [1.165, 1.54) is 26.2 Å². The van der Waals surface area contributed by atoms with Gasteiger partial charge in [-0.1, -0.05) is 12.1 Å². The minimum Gasteiger partial charge on any atom is -0.497 e. The summed E-state index contributed by atoms with van der Waals surface area (Å²) in [6.45, 7) is 0.591. The normalized spacial score (nSPS) is 11.1. The van der Waals surface area contributed by atoms with Crippen LogP contribution in [-0.2, 0) is 19.2 Å². The Kier molecular flexibility index (Phi) is 7.21. The van der Waals surface area contributed by atoms with E-state index in [2.05, 4.69) is 16.0 Å². The van der Waals surface area contributed by atoms with Crippen molar-refractivity contribution in [2.75, 3.05) is 20.2 Å². The van der Waals surface area contributed by atoms with Gasteiger partial charge in [0.1, 0.15) is 5.75 Å².